The molecule has 2 aromatic heterocycles. The molecule has 1 unspecified atom stereocenters. The number of carbonyl (C=O) groups is 1. The summed E-state index contributed by atoms with van der Waals surface area (Å²) in [5.41, 5.74) is 1.48. The first-order chi connectivity index (χ1) is 9.95. The minimum atomic E-state index is -0.156. The molecule has 5 nitrogen and oxygen atoms in total. The van der Waals surface area contributed by atoms with E-state index in [2.05, 4.69) is 14.9 Å². The van der Waals surface area contributed by atoms with Gasteiger partial charge in [0.1, 0.15) is 16.7 Å². The lowest BCUT2D eigenvalue weighted by Gasteiger charge is -2.24. The monoisotopic (exact) mass is 326 g/mol. The second-order valence-electron chi connectivity index (χ2n) is 5.39. The third-order valence-electron chi connectivity index (χ3n) is 3.80. The van der Waals surface area contributed by atoms with E-state index in [4.69, 9.17) is 23.2 Å². The van der Waals surface area contributed by atoms with E-state index in [-0.39, 0.29) is 11.9 Å². The molecule has 21 heavy (non-hydrogen) atoms. The van der Waals surface area contributed by atoms with Crippen molar-refractivity contribution in [3.05, 3.63) is 39.7 Å². The van der Waals surface area contributed by atoms with Crippen molar-refractivity contribution in [3.63, 3.8) is 0 Å². The molecule has 0 saturated heterocycles. The number of aryl methyl sites for hydroxylation is 2. The molecule has 0 saturated carbocycles. The summed E-state index contributed by atoms with van der Waals surface area (Å²) in [5, 5.41) is 3.80. The smallest absolute Gasteiger partial charge is 0.268 e. The zero-order valence-electron chi connectivity index (χ0n) is 11.9. The molecule has 1 atom stereocenters. The molecule has 3 heterocycles. The van der Waals surface area contributed by atoms with E-state index in [9.17, 15) is 4.79 Å². The van der Waals surface area contributed by atoms with Crippen molar-refractivity contribution in [1.29, 1.82) is 0 Å². The molecular weight excluding hydrogens is 311 g/mol. The van der Waals surface area contributed by atoms with Gasteiger partial charge in [0.05, 0.1) is 10.7 Å². The number of nitrogens with one attached hydrogen (secondary N) is 1. The van der Waals surface area contributed by atoms with Crippen molar-refractivity contribution < 1.29 is 4.79 Å². The van der Waals surface area contributed by atoms with Crippen LogP contribution in [0, 0.1) is 6.92 Å². The maximum Gasteiger partial charge on any atom is 0.268 e. The summed E-state index contributed by atoms with van der Waals surface area (Å²) in [6, 6.07) is 1.68. The molecular formula is C14H16Cl2N4O. The van der Waals surface area contributed by atoms with Crippen molar-refractivity contribution in [2.45, 2.75) is 32.4 Å². The van der Waals surface area contributed by atoms with Crippen molar-refractivity contribution in [2.75, 3.05) is 0 Å². The fraction of sp³-hybridized carbons (Fsp3) is 0.429. The maximum absolute atomic E-state index is 12.3. The molecule has 0 aromatic carbocycles. The van der Waals surface area contributed by atoms with Gasteiger partial charge in [-0.05, 0) is 19.4 Å². The van der Waals surface area contributed by atoms with Crippen LogP contribution in [0.3, 0.4) is 0 Å². The van der Waals surface area contributed by atoms with Crippen molar-refractivity contribution in [1.82, 2.24) is 19.4 Å². The Labute approximate surface area is 132 Å². The van der Waals surface area contributed by atoms with E-state index >= 15 is 0 Å². The van der Waals surface area contributed by atoms with E-state index < -0.39 is 0 Å². The number of fused-ring (bicyclic) bond motifs is 1. The first-order valence-corrected chi connectivity index (χ1v) is 7.55. The Morgan fingerprint density at radius 2 is 2.24 bits per heavy atom. The van der Waals surface area contributed by atoms with Crippen LogP contribution in [-0.4, -0.2) is 26.1 Å². The molecule has 1 amide bonds. The van der Waals surface area contributed by atoms with E-state index in [0.29, 0.717) is 15.9 Å². The quantitative estimate of drug-likeness (QED) is 0.922. The number of carbonyl (C=O) groups excluding carboxylic acids is 1. The fourth-order valence-corrected chi connectivity index (χ4v) is 3.10. The Balaban J connectivity index is 1.73. The van der Waals surface area contributed by atoms with Gasteiger partial charge in [0, 0.05) is 32.3 Å². The number of nitrogens with zero attached hydrogens (tertiary/aromatic N) is 3. The van der Waals surface area contributed by atoms with Gasteiger partial charge >= 0.3 is 0 Å². The average Bonchev–Trinajstić information content (AvgIpc) is 2.92. The second-order valence-corrected chi connectivity index (χ2v) is 6.15. The zero-order chi connectivity index (χ0) is 15.1. The third kappa shape index (κ3) is 2.68. The van der Waals surface area contributed by atoms with Gasteiger partial charge in [0.25, 0.3) is 5.91 Å². The molecule has 0 fully saturated rings. The molecule has 7 heteroatoms. The Bertz CT molecular complexity index is 704. The molecule has 112 valence electrons. The Kier molecular flexibility index (Phi) is 3.71. The molecule has 1 aliphatic heterocycles. The largest absolute Gasteiger partial charge is 0.346 e. The summed E-state index contributed by atoms with van der Waals surface area (Å²) < 4.78 is 3.70. The van der Waals surface area contributed by atoms with Gasteiger partial charge in [-0.2, -0.15) is 0 Å². The van der Waals surface area contributed by atoms with Crippen molar-refractivity contribution in [3.8, 4) is 0 Å². The summed E-state index contributed by atoms with van der Waals surface area (Å²) in [7, 11) is 1.72. The molecule has 0 spiro atoms. The Hall–Kier alpha value is -1.46. The topological polar surface area (TPSA) is 51.9 Å². The molecule has 1 N–H and O–H groups in total. The fourth-order valence-electron chi connectivity index (χ4n) is 2.72. The predicted octanol–water partition coefficient (Wildman–Crippen LogP) is 2.58. The first-order valence-electron chi connectivity index (χ1n) is 6.80. The summed E-state index contributed by atoms with van der Waals surface area (Å²) in [4.78, 5) is 16.8. The first kappa shape index (κ1) is 14.5. The highest BCUT2D eigenvalue weighted by atomic mass is 35.5. The van der Waals surface area contributed by atoms with E-state index in [1.807, 2.05) is 13.1 Å². The van der Waals surface area contributed by atoms with Gasteiger partial charge in [-0.15, -0.1) is 0 Å². The van der Waals surface area contributed by atoms with Gasteiger partial charge in [-0.3, -0.25) is 4.79 Å². The van der Waals surface area contributed by atoms with Gasteiger partial charge in [-0.25, -0.2) is 4.98 Å². The molecule has 1 aliphatic rings. The van der Waals surface area contributed by atoms with Gasteiger partial charge < -0.3 is 14.5 Å². The maximum atomic E-state index is 12.3. The van der Waals surface area contributed by atoms with Crippen LogP contribution in [0.5, 0.6) is 0 Å². The lowest BCUT2D eigenvalue weighted by molar-refractivity contribution is 0.0919. The number of halogens is 2. The minimum absolute atomic E-state index is 0.0889. The van der Waals surface area contributed by atoms with Crippen molar-refractivity contribution >= 4 is 29.1 Å². The van der Waals surface area contributed by atoms with Crippen LogP contribution >= 0.6 is 23.2 Å². The minimum Gasteiger partial charge on any atom is -0.346 e. The van der Waals surface area contributed by atoms with E-state index in [1.54, 1.807) is 17.7 Å². The number of hydrogen-bond donors (Lipinski definition) is 1. The van der Waals surface area contributed by atoms with Gasteiger partial charge in [0.15, 0.2) is 0 Å². The molecule has 0 aliphatic carbocycles. The number of amides is 1. The van der Waals surface area contributed by atoms with Crippen LogP contribution in [0.25, 0.3) is 0 Å². The Morgan fingerprint density at radius 1 is 1.48 bits per heavy atom. The molecule has 3 rings (SSSR count). The SMILES string of the molecule is Cc1cn2c(n1)CCC(NC(=O)c1cc(Cl)c(Cl)n1C)C2. The highest BCUT2D eigenvalue weighted by Crippen LogP contribution is 2.25. The van der Waals surface area contributed by atoms with E-state index in [1.165, 1.54) is 0 Å². The molecule has 0 bridgehead atoms. The van der Waals surface area contributed by atoms with Gasteiger partial charge in [-0.1, -0.05) is 23.2 Å². The highest BCUT2D eigenvalue weighted by molar-refractivity contribution is 6.41. The van der Waals surface area contributed by atoms with E-state index in [0.717, 1.165) is 30.9 Å². The van der Waals surface area contributed by atoms with Crippen LogP contribution in [-0.2, 0) is 20.0 Å². The van der Waals surface area contributed by atoms with Crippen LogP contribution in [0.15, 0.2) is 12.3 Å². The number of aromatic nitrogens is 3. The van der Waals surface area contributed by atoms with Crippen LogP contribution in [0.4, 0.5) is 0 Å². The third-order valence-corrected chi connectivity index (χ3v) is 4.64. The summed E-state index contributed by atoms with van der Waals surface area (Å²) in [6.07, 6.45) is 3.77. The summed E-state index contributed by atoms with van der Waals surface area (Å²) >= 11 is 11.9. The summed E-state index contributed by atoms with van der Waals surface area (Å²) in [6.45, 7) is 2.72. The normalized spacial score (nSPS) is 17.6. The van der Waals surface area contributed by atoms with Gasteiger partial charge in [0.2, 0.25) is 0 Å². The second kappa shape index (κ2) is 5.39. The lowest BCUT2D eigenvalue weighted by Crippen LogP contribution is -2.41. The molecule has 0 radical (unpaired) electrons. The zero-order valence-corrected chi connectivity index (χ0v) is 13.4. The molecule has 2 aromatic rings. The van der Waals surface area contributed by atoms with Crippen molar-refractivity contribution in [2.24, 2.45) is 7.05 Å². The standard InChI is InChI=1S/C14H16Cl2N4O/c1-8-6-20-7-9(3-4-12(20)17-8)18-14(21)11-5-10(15)13(16)19(11)2/h5-6,9H,3-4,7H2,1-2H3,(H,18,21). The predicted molar refractivity (Wildman–Crippen MR) is 82.0 cm³/mol. The summed E-state index contributed by atoms with van der Waals surface area (Å²) in [5.74, 6) is 0.930. The highest BCUT2D eigenvalue weighted by Gasteiger charge is 2.23. The van der Waals surface area contributed by atoms with Crippen LogP contribution in [0.2, 0.25) is 10.2 Å². The Morgan fingerprint density at radius 3 is 2.90 bits per heavy atom. The van der Waals surface area contributed by atoms with Crippen LogP contribution < -0.4 is 5.32 Å². The average molecular weight is 327 g/mol. The number of imidazole rings is 1. The lowest BCUT2D eigenvalue weighted by atomic mass is 10.1. The van der Waals surface area contributed by atoms with Crippen LogP contribution in [0.1, 0.15) is 28.4 Å². The number of rotatable bonds is 2. The number of hydrogen-bond acceptors (Lipinski definition) is 2.